The summed E-state index contributed by atoms with van der Waals surface area (Å²) < 4.78 is 0. The fourth-order valence-electron chi connectivity index (χ4n) is 0.586. The van der Waals surface area contributed by atoms with E-state index < -0.39 is 5.60 Å². The Balaban J connectivity index is 3.94. The molecular formula is C7H14O2. The molecule has 0 radical (unpaired) electrons. The first-order valence-electron chi connectivity index (χ1n) is 2.98. The van der Waals surface area contributed by atoms with Crippen LogP contribution in [0, 0.1) is 5.92 Å². The first-order chi connectivity index (χ1) is 4.02. The summed E-state index contributed by atoms with van der Waals surface area (Å²) >= 11 is 0. The third-order valence-corrected chi connectivity index (χ3v) is 1.39. The Kier molecular flexibility index (Phi) is 2.88. The van der Waals surface area contributed by atoms with Gasteiger partial charge in [0.05, 0.1) is 12.2 Å². The van der Waals surface area contributed by atoms with Gasteiger partial charge in [0, 0.05) is 5.92 Å². The van der Waals surface area contributed by atoms with Gasteiger partial charge in [-0.05, 0) is 13.8 Å². The Morgan fingerprint density at radius 1 is 1.67 bits per heavy atom. The molecule has 9 heavy (non-hydrogen) atoms. The van der Waals surface area contributed by atoms with Crippen molar-refractivity contribution in [3.8, 4) is 0 Å². The van der Waals surface area contributed by atoms with Gasteiger partial charge in [-0.1, -0.05) is 6.08 Å². The van der Waals surface area contributed by atoms with Crippen LogP contribution < -0.4 is 0 Å². The van der Waals surface area contributed by atoms with Crippen LogP contribution in [0.15, 0.2) is 12.7 Å². The van der Waals surface area contributed by atoms with Gasteiger partial charge < -0.3 is 10.2 Å². The number of hydrogen-bond donors (Lipinski definition) is 2. The summed E-state index contributed by atoms with van der Waals surface area (Å²) in [6.07, 6.45) is 1.56. The third kappa shape index (κ3) is 2.63. The lowest BCUT2D eigenvalue weighted by Gasteiger charge is -2.24. The van der Waals surface area contributed by atoms with E-state index in [1.807, 2.05) is 0 Å². The van der Waals surface area contributed by atoms with Crippen LogP contribution in [0.1, 0.15) is 13.8 Å². The maximum atomic E-state index is 9.25. The van der Waals surface area contributed by atoms with Crippen molar-refractivity contribution in [1.29, 1.82) is 0 Å². The molecule has 0 unspecified atom stereocenters. The molecule has 0 rings (SSSR count). The molecule has 1 atom stereocenters. The van der Waals surface area contributed by atoms with Gasteiger partial charge in [0.25, 0.3) is 0 Å². The minimum Gasteiger partial charge on any atom is -0.396 e. The van der Waals surface area contributed by atoms with E-state index in [1.54, 1.807) is 19.9 Å². The molecule has 0 aliphatic carbocycles. The number of aliphatic hydroxyl groups is 2. The summed E-state index contributed by atoms with van der Waals surface area (Å²) in [5, 5.41) is 17.9. The Hall–Kier alpha value is -0.340. The van der Waals surface area contributed by atoms with Crippen molar-refractivity contribution < 1.29 is 10.2 Å². The lowest BCUT2D eigenvalue weighted by molar-refractivity contribution is 0.0134. The van der Waals surface area contributed by atoms with E-state index in [2.05, 4.69) is 6.58 Å². The minimum atomic E-state index is -0.851. The smallest absolute Gasteiger partial charge is 0.0675 e. The second-order valence-corrected chi connectivity index (χ2v) is 2.68. The highest BCUT2D eigenvalue weighted by Crippen LogP contribution is 2.15. The minimum absolute atomic E-state index is 0.0486. The zero-order valence-electron chi connectivity index (χ0n) is 5.96. The molecule has 0 amide bonds. The molecule has 0 fully saturated rings. The summed E-state index contributed by atoms with van der Waals surface area (Å²) in [6.45, 7) is 6.73. The van der Waals surface area contributed by atoms with Crippen LogP contribution in [0.2, 0.25) is 0 Å². The Bertz CT molecular complexity index is 91.6. The Labute approximate surface area is 55.8 Å². The summed E-state index contributed by atoms with van der Waals surface area (Å²) in [4.78, 5) is 0. The van der Waals surface area contributed by atoms with Crippen molar-refractivity contribution in [1.82, 2.24) is 0 Å². The standard InChI is InChI=1S/C7H14O2/c1-4-6(5-8)7(2,3)9/h4,6,8-9H,1,5H2,2-3H3/t6-/m1/s1. The number of hydrogen-bond acceptors (Lipinski definition) is 2. The molecule has 0 aliphatic heterocycles. The summed E-state index contributed by atoms with van der Waals surface area (Å²) in [6, 6.07) is 0. The molecule has 2 heteroatoms. The van der Waals surface area contributed by atoms with Crippen LogP contribution in [-0.4, -0.2) is 22.4 Å². The van der Waals surface area contributed by atoms with Crippen molar-refractivity contribution in [2.24, 2.45) is 5.92 Å². The van der Waals surface area contributed by atoms with Gasteiger partial charge in [-0.3, -0.25) is 0 Å². The summed E-state index contributed by atoms with van der Waals surface area (Å²) in [5.74, 6) is -0.225. The topological polar surface area (TPSA) is 40.5 Å². The molecule has 0 saturated carbocycles. The van der Waals surface area contributed by atoms with E-state index in [0.29, 0.717) is 0 Å². The highest BCUT2D eigenvalue weighted by molar-refractivity contribution is 4.89. The molecule has 0 aromatic heterocycles. The van der Waals surface area contributed by atoms with Gasteiger partial charge in [0.15, 0.2) is 0 Å². The van der Waals surface area contributed by atoms with Crippen molar-refractivity contribution in [2.75, 3.05) is 6.61 Å². The molecule has 0 heterocycles. The van der Waals surface area contributed by atoms with Crippen molar-refractivity contribution in [3.05, 3.63) is 12.7 Å². The molecule has 0 saturated heterocycles. The fourth-order valence-corrected chi connectivity index (χ4v) is 0.586. The van der Waals surface area contributed by atoms with Crippen LogP contribution in [0.5, 0.6) is 0 Å². The van der Waals surface area contributed by atoms with Crippen LogP contribution >= 0.6 is 0 Å². The van der Waals surface area contributed by atoms with Crippen molar-refractivity contribution in [3.63, 3.8) is 0 Å². The van der Waals surface area contributed by atoms with Gasteiger partial charge >= 0.3 is 0 Å². The van der Waals surface area contributed by atoms with Gasteiger partial charge in [-0.15, -0.1) is 6.58 Å². The van der Waals surface area contributed by atoms with Crippen molar-refractivity contribution in [2.45, 2.75) is 19.4 Å². The molecule has 0 spiro atoms. The normalized spacial score (nSPS) is 15.1. The van der Waals surface area contributed by atoms with E-state index in [-0.39, 0.29) is 12.5 Å². The largest absolute Gasteiger partial charge is 0.396 e. The first kappa shape index (κ1) is 8.66. The molecule has 0 bridgehead atoms. The van der Waals surface area contributed by atoms with Crippen LogP contribution in [-0.2, 0) is 0 Å². The van der Waals surface area contributed by atoms with Crippen LogP contribution in [0.25, 0.3) is 0 Å². The Morgan fingerprint density at radius 3 is 2.11 bits per heavy atom. The lowest BCUT2D eigenvalue weighted by Crippen LogP contribution is -2.31. The highest BCUT2D eigenvalue weighted by Gasteiger charge is 2.22. The third-order valence-electron chi connectivity index (χ3n) is 1.39. The van der Waals surface area contributed by atoms with Gasteiger partial charge in [-0.25, -0.2) is 0 Å². The summed E-state index contributed by atoms with van der Waals surface area (Å²) in [7, 11) is 0. The average Bonchev–Trinajstić information content (AvgIpc) is 1.65. The highest BCUT2D eigenvalue weighted by atomic mass is 16.3. The number of rotatable bonds is 3. The monoisotopic (exact) mass is 130 g/mol. The maximum Gasteiger partial charge on any atom is 0.0675 e. The molecule has 0 aromatic carbocycles. The van der Waals surface area contributed by atoms with E-state index >= 15 is 0 Å². The summed E-state index contributed by atoms with van der Waals surface area (Å²) in [5.41, 5.74) is -0.851. The quantitative estimate of drug-likeness (QED) is 0.548. The zero-order valence-corrected chi connectivity index (χ0v) is 5.96. The Morgan fingerprint density at radius 2 is 2.11 bits per heavy atom. The molecule has 2 nitrogen and oxygen atoms in total. The van der Waals surface area contributed by atoms with Crippen LogP contribution in [0.3, 0.4) is 0 Å². The predicted molar refractivity (Wildman–Crippen MR) is 37.1 cm³/mol. The van der Waals surface area contributed by atoms with E-state index in [1.165, 1.54) is 0 Å². The molecular weight excluding hydrogens is 116 g/mol. The molecule has 2 N–H and O–H groups in total. The van der Waals surface area contributed by atoms with E-state index in [9.17, 15) is 5.11 Å². The predicted octanol–water partition coefficient (Wildman–Crippen LogP) is 0.552. The van der Waals surface area contributed by atoms with Gasteiger partial charge in [0.1, 0.15) is 0 Å². The fraction of sp³-hybridized carbons (Fsp3) is 0.714. The van der Waals surface area contributed by atoms with Gasteiger partial charge in [0.2, 0.25) is 0 Å². The second kappa shape index (κ2) is 2.99. The van der Waals surface area contributed by atoms with Crippen LogP contribution in [0.4, 0.5) is 0 Å². The molecule has 0 aromatic rings. The van der Waals surface area contributed by atoms with Crippen molar-refractivity contribution >= 4 is 0 Å². The SMILES string of the molecule is C=C[C@H](CO)C(C)(C)O. The van der Waals surface area contributed by atoms with Gasteiger partial charge in [-0.2, -0.15) is 0 Å². The molecule has 54 valence electrons. The van der Waals surface area contributed by atoms with E-state index in [4.69, 9.17) is 5.11 Å². The first-order valence-corrected chi connectivity index (χ1v) is 2.98. The van der Waals surface area contributed by atoms with E-state index in [0.717, 1.165) is 0 Å². The maximum absolute atomic E-state index is 9.25. The lowest BCUT2D eigenvalue weighted by atomic mass is 9.92. The second-order valence-electron chi connectivity index (χ2n) is 2.68. The average molecular weight is 130 g/mol. The number of aliphatic hydroxyl groups excluding tert-OH is 1. The molecule has 0 aliphatic rings. The zero-order chi connectivity index (χ0) is 7.49.